The molecule has 1 heterocycles. The molecule has 10 heteroatoms. The van der Waals surface area contributed by atoms with Crippen LogP contribution in [0.5, 0.6) is 0 Å². The largest absolute Gasteiger partial charge is 0.480 e. The second kappa shape index (κ2) is 12.1. The Bertz CT molecular complexity index is 670. The van der Waals surface area contributed by atoms with E-state index in [-0.39, 0.29) is 12.8 Å². The first-order valence-corrected chi connectivity index (χ1v) is 9.57. The molecule has 10 nitrogen and oxygen atoms in total. The lowest BCUT2D eigenvalue weighted by Gasteiger charge is -2.10. The summed E-state index contributed by atoms with van der Waals surface area (Å²) in [5, 5.41) is 26.7. The van der Waals surface area contributed by atoms with Crippen LogP contribution in [0.4, 0.5) is 0 Å². The van der Waals surface area contributed by atoms with Crippen molar-refractivity contribution < 1.29 is 34.3 Å². The number of nitrogens with zero attached hydrogens (tertiary/aromatic N) is 1. The van der Waals surface area contributed by atoms with Gasteiger partial charge in [-0.2, -0.15) is 0 Å². The van der Waals surface area contributed by atoms with E-state index in [4.69, 9.17) is 32.5 Å². The molecule has 0 radical (unpaired) electrons. The zero-order valence-electron chi connectivity index (χ0n) is 16.4. The van der Waals surface area contributed by atoms with Gasteiger partial charge in [-0.05, 0) is 44.6 Å². The summed E-state index contributed by atoms with van der Waals surface area (Å²) in [4.78, 5) is 32.6. The molecule has 0 aliphatic carbocycles. The van der Waals surface area contributed by atoms with Crippen LogP contribution in [-0.4, -0.2) is 51.4 Å². The Morgan fingerprint density at radius 1 is 0.759 bits per heavy atom. The van der Waals surface area contributed by atoms with Gasteiger partial charge in [0.25, 0.3) is 0 Å². The van der Waals surface area contributed by atoms with Gasteiger partial charge >= 0.3 is 17.9 Å². The third-order valence-corrected chi connectivity index (χ3v) is 4.66. The maximum absolute atomic E-state index is 10.9. The van der Waals surface area contributed by atoms with Gasteiger partial charge in [-0.15, -0.1) is 0 Å². The number of nitrogens with two attached hydrogens (primary N) is 3. The second-order valence-electron chi connectivity index (χ2n) is 7.20. The number of pyridine rings is 1. The van der Waals surface area contributed by atoms with Gasteiger partial charge in [0.2, 0.25) is 0 Å². The lowest BCUT2D eigenvalue weighted by Crippen LogP contribution is -2.36. The van der Waals surface area contributed by atoms with Crippen LogP contribution in [0.3, 0.4) is 0 Å². The number of hydrogen-bond donors (Lipinski definition) is 6. The van der Waals surface area contributed by atoms with Crippen molar-refractivity contribution in [3.8, 4) is 0 Å². The van der Waals surface area contributed by atoms with Crippen molar-refractivity contribution in [3.05, 3.63) is 29.6 Å². The monoisotopic (exact) mass is 411 g/mol. The van der Waals surface area contributed by atoms with Crippen molar-refractivity contribution in [2.75, 3.05) is 0 Å². The van der Waals surface area contributed by atoms with Gasteiger partial charge in [-0.25, -0.2) is 4.57 Å². The van der Waals surface area contributed by atoms with Gasteiger partial charge in [0.05, 0.1) is 0 Å². The number of hydrogen-bond acceptors (Lipinski definition) is 6. The zero-order valence-corrected chi connectivity index (χ0v) is 16.4. The van der Waals surface area contributed by atoms with E-state index in [2.05, 4.69) is 0 Å². The highest BCUT2D eigenvalue weighted by atomic mass is 16.4. The third kappa shape index (κ3) is 9.46. The number of aryl methyl sites for hydroxylation is 3. The Balaban J connectivity index is 2.78. The summed E-state index contributed by atoms with van der Waals surface area (Å²) >= 11 is 0. The average molecular weight is 411 g/mol. The number of carbonyl (C=O) groups is 3. The van der Waals surface area contributed by atoms with Crippen LogP contribution in [0.1, 0.15) is 43.2 Å². The summed E-state index contributed by atoms with van der Waals surface area (Å²) in [7, 11) is 0. The van der Waals surface area contributed by atoms with Crippen LogP contribution in [-0.2, 0) is 33.8 Å². The van der Waals surface area contributed by atoms with E-state index in [1.165, 1.54) is 0 Å². The van der Waals surface area contributed by atoms with Gasteiger partial charge in [0.15, 0.2) is 12.4 Å². The predicted molar refractivity (Wildman–Crippen MR) is 104 cm³/mol. The zero-order chi connectivity index (χ0) is 22.0. The fourth-order valence-electron chi connectivity index (χ4n) is 2.85. The number of aliphatic carboxylic acids is 3. The summed E-state index contributed by atoms with van der Waals surface area (Å²) < 4.78 is 1.94. The summed E-state index contributed by atoms with van der Waals surface area (Å²) in [6.45, 7) is 0.628. The van der Waals surface area contributed by atoms with Crippen molar-refractivity contribution in [3.63, 3.8) is 0 Å². The predicted octanol–water partition coefficient (Wildman–Crippen LogP) is -0.755. The van der Waals surface area contributed by atoms with Crippen LogP contribution in [0, 0.1) is 0 Å². The molecule has 0 bridgehead atoms. The number of aromatic nitrogens is 1. The molecule has 29 heavy (non-hydrogen) atoms. The van der Waals surface area contributed by atoms with Crippen molar-refractivity contribution in [2.45, 2.75) is 69.6 Å². The summed E-state index contributed by atoms with van der Waals surface area (Å²) in [5.41, 5.74) is 18.4. The first-order chi connectivity index (χ1) is 13.6. The minimum Gasteiger partial charge on any atom is -0.480 e. The highest BCUT2D eigenvalue weighted by Crippen LogP contribution is 2.10. The molecule has 0 aromatic carbocycles. The van der Waals surface area contributed by atoms with Crippen LogP contribution in [0.2, 0.25) is 0 Å². The highest BCUT2D eigenvalue weighted by molar-refractivity contribution is 5.73. The maximum atomic E-state index is 10.9. The van der Waals surface area contributed by atoms with Crippen LogP contribution in [0.15, 0.2) is 18.5 Å². The number of unbranched alkanes of at least 4 members (excludes halogenated alkanes) is 1. The lowest BCUT2D eigenvalue weighted by atomic mass is 10.0. The smallest absolute Gasteiger partial charge is 0.320 e. The maximum Gasteiger partial charge on any atom is 0.320 e. The van der Waals surface area contributed by atoms with Gasteiger partial charge in [-0.1, -0.05) is 0 Å². The molecular weight excluding hydrogens is 380 g/mol. The first kappa shape index (κ1) is 24.5. The Labute approximate surface area is 169 Å². The molecule has 0 aliphatic heterocycles. The van der Waals surface area contributed by atoms with E-state index in [0.29, 0.717) is 32.2 Å². The molecule has 1 aromatic heterocycles. The van der Waals surface area contributed by atoms with E-state index < -0.39 is 36.0 Å². The van der Waals surface area contributed by atoms with Gasteiger partial charge < -0.3 is 32.5 Å². The Morgan fingerprint density at radius 2 is 1.17 bits per heavy atom. The summed E-state index contributed by atoms with van der Waals surface area (Å²) in [5.74, 6) is -3.14. The van der Waals surface area contributed by atoms with Crippen molar-refractivity contribution in [2.24, 2.45) is 17.2 Å². The van der Waals surface area contributed by atoms with E-state index in [9.17, 15) is 14.4 Å². The molecule has 1 rings (SSSR count). The fourth-order valence-corrected chi connectivity index (χ4v) is 2.85. The second-order valence-corrected chi connectivity index (χ2v) is 7.20. The van der Waals surface area contributed by atoms with Crippen LogP contribution in [0.25, 0.3) is 0 Å². The minimum atomic E-state index is -1.06. The molecular formula is C19H31N4O6+. The minimum absolute atomic E-state index is 0.279. The van der Waals surface area contributed by atoms with Crippen molar-refractivity contribution in [1.29, 1.82) is 0 Å². The standard InChI is InChI=1S/C19H30N4O6/c20-14(17(24)25)3-1-2-8-23-10-12(4-6-15(21)18(26)27)9-13(11-23)5-7-16(22)19(28)29/h9-11,14-16H,1-8,20-22H2,(H2-,24,25,26,27,28,29)/p+1. The Morgan fingerprint density at radius 3 is 1.59 bits per heavy atom. The fraction of sp³-hybridized carbons (Fsp3) is 0.579. The molecule has 0 saturated carbocycles. The number of carboxylic acid groups (broad SMARTS) is 3. The van der Waals surface area contributed by atoms with Crippen molar-refractivity contribution >= 4 is 17.9 Å². The van der Waals surface area contributed by atoms with Gasteiger partial charge in [-0.3, -0.25) is 14.4 Å². The van der Waals surface area contributed by atoms with Gasteiger partial charge in [0.1, 0.15) is 24.7 Å². The molecule has 0 fully saturated rings. The Hall–Kier alpha value is -2.56. The third-order valence-electron chi connectivity index (χ3n) is 4.66. The summed E-state index contributed by atoms with van der Waals surface area (Å²) in [6, 6.07) is -0.882. The molecule has 3 atom stereocenters. The number of rotatable bonds is 14. The van der Waals surface area contributed by atoms with E-state index in [1.54, 1.807) is 0 Å². The van der Waals surface area contributed by atoms with Gasteiger partial charge in [0, 0.05) is 17.5 Å². The Kier molecular flexibility index (Phi) is 10.2. The summed E-state index contributed by atoms with van der Waals surface area (Å²) in [6.07, 6.45) is 7.03. The van der Waals surface area contributed by atoms with E-state index >= 15 is 0 Å². The van der Waals surface area contributed by atoms with Crippen LogP contribution >= 0.6 is 0 Å². The first-order valence-electron chi connectivity index (χ1n) is 9.57. The molecule has 162 valence electrons. The molecule has 1 aromatic rings. The van der Waals surface area contributed by atoms with Crippen LogP contribution < -0.4 is 21.8 Å². The molecule has 0 amide bonds. The quantitative estimate of drug-likeness (QED) is 0.168. The number of carboxylic acids is 3. The van der Waals surface area contributed by atoms with E-state index in [0.717, 1.165) is 17.5 Å². The molecule has 9 N–H and O–H groups in total. The SMILES string of the molecule is NC(CCCC[n+]1cc(CCC(N)C(=O)O)cc(CCC(N)C(=O)O)c1)C(=O)O. The lowest BCUT2D eigenvalue weighted by molar-refractivity contribution is -0.698. The topological polar surface area (TPSA) is 194 Å². The highest BCUT2D eigenvalue weighted by Gasteiger charge is 2.16. The molecule has 0 spiro atoms. The van der Waals surface area contributed by atoms with E-state index in [1.807, 2.05) is 23.0 Å². The normalized spacial score (nSPS) is 14.2. The molecule has 3 unspecified atom stereocenters. The van der Waals surface area contributed by atoms with Crippen molar-refractivity contribution in [1.82, 2.24) is 0 Å². The average Bonchev–Trinajstić information content (AvgIpc) is 2.66. The molecule has 0 saturated heterocycles. The molecule has 0 aliphatic rings.